The van der Waals surface area contributed by atoms with Crippen molar-refractivity contribution in [3.05, 3.63) is 368 Å². The summed E-state index contributed by atoms with van der Waals surface area (Å²) in [6, 6.07) is 104. The number of benzene rings is 16. The Hall–Kier alpha value is -15.5. The minimum absolute atomic E-state index is 0.525. The third-order valence-electron chi connectivity index (χ3n) is 25.0. The SMILES string of the molecule is CC.CC.CC.CC.c1ccc2c3c(ccc2c1)C1=NC2=c4c(ccc5ccccc45)=C(C2)N=C2N=C(N=c4[nH]c(c5ccc6ccccc6c45)=NC3=N1)c1ccc3ccccc3c12.c1ccc2c3c(ccc2c1)C1=[N+]2C3=Nc3c4ccc5ccccc5c4c4n3C23n2c(c5ccc6ccccc6c5c2=N1)=NC1=[N+]3C(=N4)c2ccc3ccccc3c21. The highest BCUT2D eigenvalue weighted by atomic mass is 15.7. The first-order valence-electron chi connectivity index (χ1n) is 42.3. The first kappa shape index (κ1) is 69.8. The molecule has 15 heteroatoms. The molecule has 29 rings (SSSR count). The number of hydrogen-bond donors (Lipinski definition) is 1. The van der Waals surface area contributed by atoms with Gasteiger partial charge in [0.15, 0.2) is 23.3 Å². The number of rotatable bonds is 0. The summed E-state index contributed by atoms with van der Waals surface area (Å²) in [6.45, 7) is 16.0. The molecule has 0 amide bonds. The Labute approximate surface area is 692 Å². The number of nitrogens with zero attached hydrogens (tertiary/aromatic N) is 14. The van der Waals surface area contributed by atoms with Gasteiger partial charge in [0.05, 0.1) is 44.4 Å². The zero-order valence-electron chi connectivity index (χ0n) is 67.7. The van der Waals surface area contributed by atoms with Gasteiger partial charge in [0.25, 0.3) is 23.3 Å². The van der Waals surface area contributed by atoms with Gasteiger partial charge >= 0.3 is 5.91 Å². The van der Waals surface area contributed by atoms with Crippen LogP contribution in [0.15, 0.2) is 341 Å². The average Bonchev–Trinajstić information content (AvgIpc) is 1.46. The first-order valence-corrected chi connectivity index (χ1v) is 42.3. The second kappa shape index (κ2) is 26.3. The van der Waals surface area contributed by atoms with E-state index < -0.39 is 5.91 Å². The van der Waals surface area contributed by atoms with E-state index in [0.29, 0.717) is 40.7 Å². The molecule has 3 aromatic heterocycles. The zero-order valence-corrected chi connectivity index (χ0v) is 67.7. The van der Waals surface area contributed by atoms with E-state index in [4.69, 9.17) is 49.9 Å². The van der Waals surface area contributed by atoms with Crippen molar-refractivity contribution in [2.75, 3.05) is 0 Å². The molecule has 1 atom stereocenters. The van der Waals surface area contributed by atoms with Crippen LogP contribution in [-0.2, 0) is 5.91 Å². The van der Waals surface area contributed by atoms with E-state index in [-0.39, 0.29) is 0 Å². The normalized spacial score (nSPS) is 16.1. The van der Waals surface area contributed by atoms with Crippen molar-refractivity contribution in [1.29, 1.82) is 0 Å². The summed E-state index contributed by atoms with van der Waals surface area (Å²) in [6.07, 6.45) is 0.525. The van der Waals surface area contributed by atoms with E-state index >= 15 is 0 Å². The molecule has 10 aliphatic rings. The third-order valence-corrected chi connectivity index (χ3v) is 25.0. The Balaban J connectivity index is 0.000000127. The summed E-state index contributed by atoms with van der Waals surface area (Å²) in [4.78, 5) is 59.0. The standard InChI is InChI=1S/C49H24N8.C49H27N7.4C2H6/c1-5-13-29-25(9-1)17-21-33-37(29)45-50-42-34-22-18-26-10-2-6-14-30(26)38(34)47-52-44-36-24-20-28-12-4-8-16-32(28)40(36)48-53-43-35-23-19-27-11-3-7-15-31(27)39(35)46-51-41(33)54(45)49(55(42)47,56(43)46)57(44)48;1-5-13-30-26(9-1)17-21-34-38-25-39(40(30)34)51-44-35-22-18-28-11-3-7-15-32(28)42(35)48(52-44)55-46-37-24-20-29-12-4-8-16-33(29)43(37)49(56-46)54-45-36-23-19-27-10-2-6-14-31(27)41(36)47(50-38)53-45;4*1-2/h1-24H;1-24H,25H2,(H,50,51,52,53,54,55,56);4*1-2H3/q+2;;;;;. The monoisotopic (exact) mass is 1560 g/mol. The number of aromatic nitrogens is 3. The maximum Gasteiger partial charge on any atom is 0.404 e. The fourth-order valence-corrected chi connectivity index (χ4v) is 20.3. The predicted octanol–water partition coefficient (Wildman–Crippen LogP) is 20.2. The maximum absolute atomic E-state index is 5.77. The second-order valence-electron chi connectivity index (χ2n) is 30.5. The van der Waals surface area contributed by atoms with Crippen molar-refractivity contribution in [3.8, 4) is 0 Å². The van der Waals surface area contributed by atoms with Crippen LogP contribution in [0.1, 0.15) is 106 Å². The molecule has 0 radical (unpaired) electrons. The number of nitrogens with one attached hydrogen (secondary N) is 1. The van der Waals surface area contributed by atoms with Crippen molar-refractivity contribution in [3.63, 3.8) is 0 Å². The van der Waals surface area contributed by atoms with Gasteiger partial charge in [-0.3, -0.25) is 0 Å². The van der Waals surface area contributed by atoms with Gasteiger partial charge in [-0.05, 0) is 129 Å². The van der Waals surface area contributed by atoms with Crippen molar-refractivity contribution >= 4 is 188 Å². The molecule has 8 bridgehead atoms. The molecule has 9 aliphatic heterocycles. The summed E-state index contributed by atoms with van der Waals surface area (Å²) in [5.74, 6) is 6.71. The van der Waals surface area contributed by atoms with Gasteiger partial charge in [-0.1, -0.05) is 324 Å². The Morgan fingerprint density at radius 3 is 1.28 bits per heavy atom. The lowest BCUT2D eigenvalue weighted by Gasteiger charge is -2.40. The van der Waals surface area contributed by atoms with Crippen molar-refractivity contribution in [2.24, 2.45) is 49.9 Å². The van der Waals surface area contributed by atoms with Gasteiger partial charge in [-0.2, -0.15) is 9.13 Å². The molecule has 12 heterocycles. The number of aliphatic imine (C=N–C) groups is 6. The Kier molecular flexibility index (Phi) is 15.1. The lowest BCUT2D eigenvalue weighted by atomic mass is 9.99. The van der Waals surface area contributed by atoms with Gasteiger partial charge in [0.2, 0.25) is 22.6 Å². The zero-order chi connectivity index (χ0) is 80.9. The third kappa shape index (κ3) is 9.26. The molecule has 121 heavy (non-hydrogen) atoms. The first-order chi connectivity index (χ1) is 60.0. The maximum atomic E-state index is 5.77. The van der Waals surface area contributed by atoms with Crippen molar-refractivity contribution in [1.82, 2.24) is 14.1 Å². The highest BCUT2D eigenvalue weighted by molar-refractivity contribution is 6.32. The summed E-state index contributed by atoms with van der Waals surface area (Å²) < 4.78 is 9.65. The van der Waals surface area contributed by atoms with Crippen LogP contribution in [-0.4, -0.2) is 70.0 Å². The fourth-order valence-electron chi connectivity index (χ4n) is 20.3. The van der Waals surface area contributed by atoms with E-state index in [2.05, 4.69) is 314 Å². The molecule has 16 aromatic carbocycles. The Morgan fingerprint density at radius 1 is 0.264 bits per heavy atom. The number of aromatic amines is 1. The van der Waals surface area contributed by atoms with Crippen LogP contribution in [0.3, 0.4) is 0 Å². The van der Waals surface area contributed by atoms with Gasteiger partial charge < -0.3 is 4.98 Å². The van der Waals surface area contributed by atoms with Crippen molar-refractivity contribution < 1.29 is 9.15 Å². The molecule has 1 unspecified atom stereocenters. The highest BCUT2D eigenvalue weighted by Crippen LogP contribution is 2.55. The predicted molar refractivity (Wildman–Crippen MR) is 496 cm³/mol. The van der Waals surface area contributed by atoms with Crippen LogP contribution in [0.4, 0.5) is 11.6 Å². The van der Waals surface area contributed by atoms with Gasteiger partial charge in [-0.25, -0.2) is 30.0 Å². The molecule has 1 spiro atoms. The average molecular weight is 1560 g/mol. The van der Waals surface area contributed by atoms with Crippen LogP contribution >= 0.6 is 0 Å². The molecule has 0 fully saturated rings. The molecule has 1 aliphatic carbocycles. The van der Waals surface area contributed by atoms with E-state index in [9.17, 15) is 0 Å². The van der Waals surface area contributed by atoms with Crippen LogP contribution < -0.4 is 32.4 Å². The minimum Gasteiger partial charge on any atom is -0.324 e. The number of hydrogen-bond acceptors (Lipinski definition) is 10. The lowest BCUT2D eigenvalue weighted by molar-refractivity contribution is -0.790. The summed E-state index contributed by atoms with van der Waals surface area (Å²) in [5, 5.41) is 26.6. The largest absolute Gasteiger partial charge is 0.404 e. The smallest absolute Gasteiger partial charge is 0.324 e. The molecule has 15 nitrogen and oxygen atoms in total. The topological polar surface area (TPSA) is 155 Å². The molecular weight excluding hydrogens is 1480 g/mol. The summed E-state index contributed by atoms with van der Waals surface area (Å²) in [7, 11) is 0. The van der Waals surface area contributed by atoms with E-state index in [1.54, 1.807) is 0 Å². The fraction of sp³-hybridized carbons (Fsp3) is 0.0943. The van der Waals surface area contributed by atoms with E-state index in [0.717, 1.165) is 209 Å². The molecule has 0 saturated heterocycles. The van der Waals surface area contributed by atoms with Crippen molar-refractivity contribution in [2.45, 2.75) is 67.7 Å². The minimum atomic E-state index is -1.09. The Morgan fingerprint density at radius 2 is 0.678 bits per heavy atom. The molecule has 1 N–H and O–H groups in total. The van der Waals surface area contributed by atoms with Gasteiger partial charge in [0, 0.05) is 60.7 Å². The van der Waals surface area contributed by atoms with Crippen LogP contribution in [0.2, 0.25) is 0 Å². The second-order valence-corrected chi connectivity index (χ2v) is 30.5. The molecule has 0 saturated carbocycles. The quantitative estimate of drug-likeness (QED) is 0.144. The highest BCUT2D eigenvalue weighted by Gasteiger charge is 2.70. The number of H-pyrrole nitrogens is 1. The molecular formula is C106H75N15+2. The number of amidine groups is 8. The Bertz CT molecular complexity index is 8790. The number of fused-ring (bicyclic) bond motifs is 44. The van der Waals surface area contributed by atoms with Gasteiger partial charge in [-0.15, -0.1) is 9.15 Å². The van der Waals surface area contributed by atoms with Crippen LogP contribution in [0.5, 0.6) is 0 Å². The van der Waals surface area contributed by atoms with E-state index in [1.165, 1.54) is 21.5 Å². The lowest BCUT2D eigenvalue weighted by Crippen LogP contribution is -2.71. The van der Waals surface area contributed by atoms with Gasteiger partial charge in [0.1, 0.15) is 11.0 Å². The van der Waals surface area contributed by atoms with E-state index in [1.807, 2.05) is 55.4 Å². The van der Waals surface area contributed by atoms with Crippen LogP contribution in [0.25, 0.3) is 130 Å². The molecule has 19 aromatic rings. The molecule has 572 valence electrons. The summed E-state index contributed by atoms with van der Waals surface area (Å²) in [5.41, 5.74) is 13.2. The van der Waals surface area contributed by atoms with Crippen LogP contribution in [0, 0.1) is 0 Å². The summed E-state index contributed by atoms with van der Waals surface area (Å²) >= 11 is 0.